The average Bonchev–Trinajstić information content (AvgIpc) is 2.48. The lowest BCUT2D eigenvalue weighted by atomic mass is 10.0. The maximum atomic E-state index is 3.70. The first kappa shape index (κ1) is 17.3. The molecule has 21 heavy (non-hydrogen) atoms. The summed E-state index contributed by atoms with van der Waals surface area (Å²) in [4.78, 5) is 2.66. The van der Waals surface area contributed by atoms with E-state index in [0.29, 0.717) is 12.1 Å². The van der Waals surface area contributed by atoms with Crippen molar-refractivity contribution in [2.45, 2.75) is 44.5 Å². The van der Waals surface area contributed by atoms with Crippen molar-refractivity contribution in [3.63, 3.8) is 0 Å². The Hall–Kier alpha value is -0.0300. The smallest absolute Gasteiger partial charge is 0.0343 e. The van der Waals surface area contributed by atoms with Crippen LogP contribution in [0.25, 0.3) is 0 Å². The van der Waals surface area contributed by atoms with E-state index in [2.05, 4.69) is 82.9 Å². The molecule has 0 saturated carbocycles. The Morgan fingerprint density at radius 1 is 1.38 bits per heavy atom. The number of nitrogens with zero attached hydrogens (tertiary/aromatic N) is 1. The van der Waals surface area contributed by atoms with E-state index in [4.69, 9.17) is 0 Å². The third-order valence-electron chi connectivity index (χ3n) is 4.45. The van der Waals surface area contributed by atoms with Gasteiger partial charge in [0.25, 0.3) is 0 Å². The molecule has 1 aliphatic rings. The first-order valence-corrected chi connectivity index (χ1v) is 9.81. The van der Waals surface area contributed by atoms with Gasteiger partial charge in [-0.3, -0.25) is 4.90 Å². The molecule has 2 nitrogen and oxygen atoms in total. The van der Waals surface area contributed by atoms with Gasteiger partial charge in [0.1, 0.15) is 0 Å². The molecule has 0 amide bonds. The van der Waals surface area contributed by atoms with E-state index < -0.39 is 0 Å². The molecule has 4 heteroatoms. The van der Waals surface area contributed by atoms with Gasteiger partial charge in [-0.25, -0.2) is 0 Å². The fourth-order valence-electron chi connectivity index (χ4n) is 2.98. The number of hydrogen-bond donors (Lipinski definition) is 1. The number of hydrogen-bond acceptors (Lipinski definition) is 3. The molecule has 0 aliphatic carbocycles. The first-order valence-electron chi connectivity index (χ1n) is 7.97. The second-order valence-electron chi connectivity index (χ2n) is 5.77. The standard InChI is InChI=1S/C17H27BrN2S/c1-4-19-17(15-7-5-6-8-16(15)18)9-10-20-11-12-21-14(3)13(20)2/h5-8,13-14,17,19H,4,9-12H2,1-3H3. The number of rotatable bonds is 6. The molecule has 1 fully saturated rings. The van der Waals surface area contributed by atoms with E-state index in [0.717, 1.165) is 18.2 Å². The fourth-order valence-corrected chi connectivity index (χ4v) is 4.70. The Balaban J connectivity index is 1.99. The summed E-state index contributed by atoms with van der Waals surface area (Å²) >= 11 is 5.81. The summed E-state index contributed by atoms with van der Waals surface area (Å²) < 4.78 is 1.21. The van der Waals surface area contributed by atoms with Gasteiger partial charge < -0.3 is 5.32 Å². The van der Waals surface area contributed by atoms with Crippen LogP contribution in [0.5, 0.6) is 0 Å². The van der Waals surface area contributed by atoms with Crippen LogP contribution in [0.2, 0.25) is 0 Å². The Morgan fingerprint density at radius 2 is 2.14 bits per heavy atom. The minimum absolute atomic E-state index is 0.433. The molecule has 0 radical (unpaired) electrons. The minimum Gasteiger partial charge on any atom is -0.310 e. The number of nitrogens with one attached hydrogen (secondary N) is 1. The van der Waals surface area contributed by atoms with Crippen molar-refractivity contribution in [2.24, 2.45) is 0 Å². The molecule has 1 saturated heterocycles. The van der Waals surface area contributed by atoms with Crippen LogP contribution in [0, 0.1) is 0 Å². The molecule has 0 bridgehead atoms. The molecular weight excluding hydrogens is 344 g/mol. The fraction of sp³-hybridized carbons (Fsp3) is 0.647. The van der Waals surface area contributed by atoms with Gasteiger partial charge in [-0.15, -0.1) is 0 Å². The van der Waals surface area contributed by atoms with E-state index >= 15 is 0 Å². The van der Waals surface area contributed by atoms with E-state index in [9.17, 15) is 0 Å². The van der Waals surface area contributed by atoms with Crippen LogP contribution < -0.4 is 5.32 Å². The highest BCUT2D eigenvalue weighted by molar-refractivity contribution is 9.10. The maximum absolute atomic E-state index is 3.70. The number of thioether (sulfide) groups is 1. The van der Waals surface area contributed by atoms with Crippen molar-refractivity contribution < 1.29 is 0 Å². The summed E-state index contributed by atoms with van der Waals surface area (Å²) in [6.07, 6.45) is 1.16. The molecule has 2 rings (SSSR count). The van der Waals surface area contributed by atoms with Crippen molar-refractivity contribution in [3.8, 4) is 0 Å². The molecule has 118 valence electrons. The van der Waals surface area contributed by atoms with Gasteiger partial charge in [0, 0.05) is 40.6 Å². The SMILES string of the molecule is CCNC(CCN1CCSC(C)C1C)c1ccccc1Br. The lowest BCUT2D eigenvalue weighted by molar-refractivity contribution is 0.202. The molecule has 3 unspecified atom stereocenters. The zero-order valence-electron chi connectivity index (χ0n) is 13.3. The second kappa shape index (κ2) is 8.56. The van der Waals surface area contributed by atoms with Crippen LogP contribution in [0.3, 0.4) is 0 Å². The first-order chi connectivity index (χ1) is 10.1. The molecule has 1 aliphatic heterocycles. The highest BCUT2D eigenvalue weighted by atomic mass is 79.9. The Morgan fingerprint density at radius 3 is 2.86 bits per heavy atom. The van der Waals surface area contributed by atoms with Gasteiger partial charge in [-0.05, 0) is 31.5 Å². The van der Waals surface area contributed by atoms with E-state index in [1.807, 2.05) is 0 Å². The summed E-state index contributed by atoms with van der Waals surface area (Å²) in [5.74, 6) is 1.27. The van der Waals surface area contributed by atoms with Gasteiger partial charge in [0.2, 0.25) is 0 Å². The van der Waals surface area contributed by atoms with Crippen molar-refractivity contribution >= 4 is 27.7 Å². The maximum Gasteiger partial charge on any atom is 0.0343 e. The molecule has 1 heterocycles. The van der Waals surface area contributed by atoms with Crippen LogP contribution in [-0.4, -0.2) is 41.6 Å². The van der Waals surface area contributed by atoms with E-state index in [1.54, 1.807) is 0 Å². The predicted octanol–water partition coefficient (Wildman–Crippen LogP) is 4.32. The van der Waals surface area contributed by atoms with E-state index in [-0.39, 0.29) is 0 Å². The molecule has 3 atom stereocenters. The summed E-state index contributed by atoms with van der Waals surface area (Å²) in [7, 11) is 0. The summed E-state index contributed by atoms with van der Waals surface area (Å²) in [5, 5.41) is 4.39. The van der Waals surface area contributed by atoms with Crippen molar-refractivity contribution in [2.75, 3.05) is 25.4 Å². The van der Waals surface area contributed by atoms with Crippen LogP contribution >= 0.6 is 27.7 Å². The highest BCUT2D eigenvalue weighted by Gasteiger charge is 2.25. The lowest BCUT2D eigenvalue weighted by Crippen LogP contribution is -2.45. The zero-order chi connectivity index (χ0) is 15.2. The topological polar surface area (TPSA) is 15.3 Å². The Kier molecular flexibility index (Phi) is 7.06. The van der Waals surface area contributed by atoms with Crippen LogP contribution in [-0.2, 0) is 0 Å². The van der Waals surface area contributed by atoms with Gasteiger partial charge in [0.15, 0.2) is 0 Å². The Bertz CT molecular complexity index is 441. The van der Waals surface area contributed by atoms with Gasteiger partial charge in [0.05, 0.1) is 0 Å². The predicted molar refractivity (Wildman–Crippen MR) is 98.1 cm³/mol. The summed E-state index contributed by atoms with van der Waals surface area (Å²) in [5.41, 5.74) is 1.38. The van der Waals surface area contributed by atoms with E-state index in [1.165, 1.54) is 28.9 Å². The van der Waals surface area contributed by atoms with Crippen LogP contribution in [0.15, 0.2) is 28.7 Å². The van der Waals surface area contributed by atoms with Crippen LogP contribution in [0.4, 0.5) is 0 Å². The quantitative estimate of drug-likeness (QED) is 0.802. The monoisotopic (exact) mass is 370 g/mol. The zero-order valence-corrected chi connectivity index (χ0v) is 15.7. The highest BCUT2D eigenvalue weighted by Crippen LogP contribution is 2.28. The molecular formula is C17H27BrN2S. The van der Waals surface area contributed by atoms with Crippen LogP contribution in [0.1, 0.15) is 38.8 Å². The number of halogens is 1. The largest absolute Gasteiger partial charge is 0.310 e. The summed E-state index contributed by atoms with van der Waals surface area (Å²) in [6.45, 7) is 10.3. The van der Waals surface area contributed by atoms with Crippen molar-refractivity contribution in [1.82, 2.24) is 10.2 Å². The average molecular weight is 371 g/mol. The van der Waals surface area contributed by atoms with Gasteiger partial charge in [-0.1, -0.05) is 48.0 Å². The normalized spacial score (nSPS) is 25.0. The third kappa shape index (κ3) is 4.72. The number of benzene rings is 1. The van der Waals surface area contributed by atoms with Crippen molar-refractivity contribution in [1.29, 1.82) is 0 Å². The molecule has 0 aromatic heterocycles. The Labute approximate surface area is 142 Å². The molecule has 1 N–H and O–H groups in total. The molecule has 1 aromatic rings. The summed E-state index contributed by atoms with van der Waals surface area (Å²) in [6, 6.07) is 9.71. The lowest BCUT2D eigenvalue weighted by Gasteiger charge is -2.38. The van der Waals surface area contributed by atoms with Gasteiger partial charge in [-0.2, -0.15) is 11.8 Å². The van der Waals surface area contributed by atoms with Gasteiger partial charge >= 0.3 is 0 Å². The molecule has 0 spiro atoms. The minimum atomic E-state index is 0.433. The van der Waals surface area contributed by atoms with Crippen molar-refractivity contribution in [3.05, 3.63) is 34.3 Å². The third-order valence-corrected chi connectivity index (χ3v) is 6.51. The second-order valence-corrected chi connectivity index (χ2v) is 8.11. The molecule has 1 aromatic carbocycles.